The lowest BCUT2D eigenvalue weighted by molar-refractivity contribution is -0.0107. The lowest BCUT2D eigenvalue weighted by Gasteiger charge is -2.23. The van der Waals surface area contributed by atoms with Crippen molar-refractivity contribution in [3.63, 3.8) is 0 Å². The van der Waals surface area contributed by atoms with E-state index in [9.17, 15) is 8.78 Å². The molecular formula is C15H21F2N. The second-order valence-electron chi connectivity index (χ2n) is 5.20. The highest BCUT2D eigenvalue weighted by atomic mass is 19.3. The van der Waals surface area contributed by atoms with Crippen LogP contribution >= 0.6 is 0 Å². The average molecular weight is 253 g/mol. The molecule has 1 aliphatic rings. The van der Waals surface area contributed by atoms with Gasteiger partial charge in [0.05, 0.1) is 0 Å². The fraction of sp³-hybridized carbons (Fsp3) is 0.600. The second kappa shape index (κ2) is 5.79. The summed E-state index contributed by atoms with van der Waals surface area (Å²) >= 11 is 0. The molecule has 0 saturated heterocycles. The molecule has 0 spiro atoms. The van der Waals surface area contributed by atoms with Crippen LogP contribution in [0.3, 0.4) is 0 Å². The molecule has 0 aromatic heterocycles. The molecule has 0 heterocycles. The Balaban J connectivity index is 2.09. The molecule has 2 rings (SSSR count). The Morgan fingerprint density at radius 2 is 1.67 bits per heavy atom. The van der Waals surface area contributed by atoms with Crippen LogP contribution in [0.4, 0.5) is 8.78 Å². The maximum atomic E-state index is 13.7. The van der Waals surface area contributed by atoms with Gasteiger partial charge in [-0.15, -0.1) is 0 Å². The SMILES string of the molecule is NCCC(F)(F)c1ccc(C2CCCCC2)cc1. The highest BCUT2D eigenvalue weighted by Crippen LogP contribution is 2.35. The number of halogens is 2. The summed E-state index contributed by atoms with van der Waals surface area (Å²) < 4.78 is 27.3. The summed E-state index contributed by atoms with van der Waals surface area (Å²) in [6, 6.07) is 6.88. The normalized spacial score (nSPS) is 17.9. The maximum Gasteiger partial charge on any atom is 0.274 e. The van der Waals surface area contributed by atoms with Crippen LogP contribution in [-0.4, -0.2) is 6.54 Å². The zero-order valence-corrected chi connectivity index (χ0v) is 10.7. The Kier molecular flexibility index (Phi) is 4.33. The van der Waals surface area contributed by atoms with Crippen molar-refractivity contribution in [2.24, 2.45) is 5.73 Å². The molecule has 3 heteroatoms. The number of hydrogen-bond acceptors (Lipinski definition) is 1. The predicted molar refractivity (Wildman–Crippen MR) is 69.8 cm³/mol. The summed E-state index contributed by atoms with van der Waals surface area (Å²) in [5.74, 6) is -2.23. The van der Waals surface area contributed by atoms with E-state index in [1.807, 2.05) is 12.1 Å². The molecule has 0 aliphatic heterocycles. The van der Waals surface area contributed by atoms with E-state index >= 15 is 0 Å². The first-order valence-electron chi connectivity index (χ1n) is 6.82. The van der Waals surface area contributed by atoms with Crippen LogP contribution in [0.25, 0.3) is 0 Å². The van der Waals surface area contributed by atoms with Gasteiger partial charge in [-0.25, -0.2) is 8.78 Å². The summed E-state index contributed by atoms with van der Waals surface area (Å²) in [7, 11) is 0. The average Bonchev–Trinajstić information content (AvgIpc) is 2.40. The largest absolute Gasteiger partial charge is 0.330 e. The standard InChI is InChI=1S/C15H21F2N/c16-15(17,10-11-18)14-8-6-13(7-9-14)12-4-2-1-3-5-12/h6-9,12H,1-5,10-11,18H2. The van der Waals surface area contributed by atoms with Crippen LogP contribution in [-0.2, 0) is 5.92 Å². The Labute approximate surface area is 107 Å². The van der Waals surface area contributed by atoms with E-state index in [0.717, 1.165) is 0 Å². The molecule has 0 radical (unpaired) electrons. The van der Waals surface area contributed by atoms with Gasteiger partial charge in [0.15, 0.2) is 0 Å². The zero-order valence-electron chi connectivity index (χ0n) is 10.7. The molecule has 1 aromatic rings. The van der Waals surface area contributed by atoms with E-state index in [4.69, 9.17) is 5.73 Å². The van der Waals surface area contributed by atoms with Gasteiger partial charge >= 0.3 is 0 Å². The fourth-order valence-electron chi connectivity index (χ4n) is 2.76. The first kappa shape index (κ1) is 13.5. The van der Waals surface area contributed by atoms with Crippen LogP contribution < -0.4 is 5.73 Å². The molecule has 100 valence electrons. The summed E-state index contributed by atoms with van der Waals surface area (Å²) in [4.78, 5) is 0. The molecule has 18 heavy (non-hydrogen) atoms. The smallest absolute Gasteiger partial charge is 0.274 e. The van der Waals surface area contributed by atoms with Gasteiger partial charge in [-0.3, -0.25) is 0 Å². The third kappa shape index (κ3) is 3.08. The fourth-order valence-corrected chi connectivity index (χ4v) is 2.76. The van der Waals surface area contributed by atoms with Crippen molar-refractivity contribution >= 4 is 0 Å². The van der Waals surface area contributed by atoms with Crippen molar-refractivity contribution in [3.8, 4) is 0 Å². The van der Waals surface area contributed by atoms with E-state index in [0.29, 0.717) is 5.92 Å². The van der Waals surface area contributed by atoms with E-state index in [1.165, 1.54) is 37.7 Å². The number of rotatable bonds is 4. The van der Waals surface area contributed by atoms with Crippen molar-refractivity contribution in [2.45, 2.75) is 50.4 Å². The summed E-state index contributed by atoms with van der Waals surface area (Å²) in [6.45, 7) is 0.0113. The molecule has 1 aromatic carbocycles. The van der Waals surface area contributed by atoms with Crippen molar-refractivity contribution in [1.29, 1.82) is 0 Å². The quantitative estimate of drug-likeness (QED) is 0.856. The molecule has 2 N–H and O–H groups in total. The predicted octanol–water partition coefficient (Wildman–Crippen LogP) is 4.17. The zero-order chi connectivity index (χ0) is 13.0. The topological polar surface area (TPSA) is 26.0 Å². The molecule has 0 unspecified atom stereocenters. The van der Waals surface area contributed by atoms with Gasteiger partial charge in [0, 0.05) is 12.0 Å². The Morgan fingerprint density at radius 1 is 1.06 bits per heavy atom. The van der Waals surface area contributed by atoms with Crippen LogP contribution in [0.2, 0.25) is 0 Å². The second-order valence-corrected chi connectivity index (χ2v) is 5.20. The summed E-state index contributed by atoms with van der Waals surface area (Å²) in [5, 5.41) is 0. The molecule has 0 atom stereocenters. The first-order chi connectivity index (χ1) is 8.63. The third-order valence-corrected chi connectivity index (χ3v) is 3.87. The lowest BCUT2D eigenvalue weighted by atomic mass is 9.83. The lowest BCUT2D eigenvalue weighted by Crippen LogP contribution is -2.18. The minimum absolute atomic E-state index is 0.0113. The van der Waals surface area contributed by atoms with Gasteiger partial charge in [-0.1, -0.05) is 43.5 Å². The minimum atomic E-state index is -2.79. The molecule has 1 saturated carbocycles. The van der Waals surface area contributed by atoms with E-state index in [2.05, 4.69) is 0 Å². The maximum absolute atomic E-state index is 13.7. The van der Waals surface area contributed by atoms with Crippen LogP contribution in [0.5, 0.6) is 0 Å². The highest BCUT2D eigenvalue weighted by Gasteiger charge is 2.30. The van der Waals surface area contributed by atoms with Gasteiger partial charge in [-0.2, -0.15) is 0 Å². The molecule has 1 nitrogen and oxygen atoms in total. The number of benzene rings is 1. The van der Waals surface area contributed by atoms with Crippen LogP contribution in [0, 0.1) is 0 Å². The molecule has 0 amide bonds. The number of nitrogens with two attached hydrogens (primary N) is 1. The van der Waals surface area contributed by atoms with E-state index in [1.54, 1.807) is 12.1 Å². The van der Waals surface area contributed by atoms with Crippen molar-refractivity contribution in [1.82, 2.24) is 0 Å². The third-order valence-electron chi connectivity index (χ3n) is 3.87. The Morgan fingerprint density at radius 3 is 2.22 bits per heavy atom. The Bertz CT molecular complexity index is 367. The number of hydrogen-bond donors (Lipinski definition) is 1. The minimum Gasteiger partial charge on any atom is -0.330 e. The summed E-state index contributed by atoms with van der Waals surface area (Å²) in [6.07, 6.45) is 5.93. The van der Waals surface area contributed by atoms with Gasteiger partial charge < -0.3 is 5.73 Å². The van der Waals surface area contributed by atoms with Crippen LogP contribution in [0.15, 0.2) is 24.3 Å². The molecule has 1 aliphatic carbocycles. The van der Waals surface area contributed by atoms with E-state index in [-0.39, 0.29) is 18.5 Å². The van der Waals surface area contributed by atoms with Gasteiger partial charge in [0.25, 0.3) is 5.92 Å². The van der Waals surface area contributed by atoms with E-state index < -0.39 is 5.92 Å². The first-order valence-corrected chi connectivity index (χ1v) is 6.82. The molecular weight excluding hydrogens is 232 g/mol. The van der Waals surface area contributed by atoms with Gasteiger partial charge in [-0.05, 0) is 30.9 Å². The van der Waals surface area contributed by atoms with Crippen LogP contribution in [0.1, 0.15) is 55.6 Å². The van der Waals surface area contributed by atoms with Crippen molar-refractivity contribution < 1.29 is 8.78 Å². The highest BCUT2D eigenvalue weighted by molar-refractivity contribution is 5.28. The number of alkyl halides is 2. The molecule has 1 fully saturated rings. The van der Waals surface area contributed by atoms with Crippen molar-refractivity contribution in [2.75, 3.05) is 6.54 Å². The van der Waals surface area contributed by atoms with Gasteiger partial charge in [0.1, 0.15) is 0 Å². The van der Waals surface area contributed by atoms with Gasteiger partial charge in [0.2, 0.25) is 0 Å². The summed E-state index contributed by atoms with van der Waals surface area (Å²) in [5.41, 5.74) is 6.52. The van der Waals surface area contributed by atoms with Crippen molar-refractivity contribution in [3.05, 3.63) is 35.4 Å². The molecule has 0 bridgehead atoms. The monoisotopic (exact) mass is 253 g/mol. The Hall–Kier alpha value is -0.960.